The van der Waals surface area contributed by atoms with E-state index in [1.807, 2.05) is 13.0 Å². The lowest BCUT2D eigenvalue weighted by Gasteiger charge is -2.40. The number of nitrogens with one attached hydrogen (secondary N) is 1. The Balaban J connectivity index is 1.56. The van der Waals surface area contributed by atoms with Crippen LogP contribution in [0.4, 0.5) is 10.1 Å². The molecule has 1 saturated carbocycles. The predicted molar refractivity (Wildman–Crippen MR) is 134 cm³/mol. The van der Waals surface area contributed by atoms with Crippen LogP contribution in [0.15, 0.2) is 58.7 Å². The number of hydrogen-bond acceptors (Lipinski definition) is 7. The monoisotopic (exact) mass is 484 g/mol. The van der Waals surface area contributed by atoms with Crippen LogP contribution in [-0.2, 0) is 9.84 Å². The highest BCUT2D eigenvalue weighted by atomic mass is 32.2. The van der Waals surface area contributed by atoms with Gasteiger partial charge in [-0.25, -0.2) is 17.8 Å². The van der Waals surface area contributed by atoms with E-state index in [1.165, 1.54) is 6.92 Å². The SMILES string of the molecule is C=C(/C(F)=C\N=C(C)Nc1ccnc2cc(C)cnc12)[C@]1(C)CS(=O)(=O)[C@@](C)(C2CC2)C(N)=N1. The second-order valence-electron chi connectivity index (χ2n) is 9.45. The fraction of sp³-hybridized carbons (Fsp3) is 0.417. The zero-order valence-electron chi connectivity index (χ0n) is 19.8. The number of anilines is 1. The van der Waals surface area contributed by atoms with Gasteiger partial charge < -0.3 is 11.1 Å². The molecule has 0 aromatic carbocycles. The summed E-state index contributed by atoms with van der Waals surface area (Å²) in [7, 11) is -3.66. The molecule has 1 aliphatic heterocycles. The lowest BCUT2D eigenvalue weighted by atomic mass is 9.93. The van der Waals surface area contributed by atoms with Crippen molar-refractivity contribution < 1.29 is 12.8 Å². The summed E-state index contributed by atoms with van der Waals surface area (Å²) in [6.07, 6.45) is 5.98. The Morgan fingerprint density at radius 1 is 1.35 bits per heavy atom. The van der Waals surface area contributed by atoms with Crippen molar-refractivity contribution in [2.75, 3.05) is 11.1 Å². The number of pyridine rings is 2. The van der Waals surface area contributed by atoms with Crippen LogP contribution in [0.25, 0.3) is 11.0 Å². The van der Waals surface area contributed by atoms with Gasteiger partial charge in [0.15, 0.2) is 9.84 Å². The summed E-state index contributed by atoms with van der Waals surface area (Å²) in [6, 6.07) is 3.67. The van der Waals surface area contributed by atoms with Crippen molar-refractivity contribution in [1.82, 2.24) is 9.97 Å². The third-order valence-electron chi connectivity index (χ3n) is 6.69. The van der Waals surface area contributed by atoms with Crippen LogP contribution < -0.4 is 11.1 Å². The molecule has 0 radical (unpaired) electrons. The molecule has 10 heteroatoms. The van der Waals surface area contributed by atoms with E-state index in [0.717, 1.165) is 30.1 Å². The molecule has 34 heavy (non-hydrogen) atoms. The molecule has 0 unspecified atom stereocenters. The molecule has 3 N–H and O–H groups in total. The minimum Gasteiger partial charge on any atom is -0.386 e. The molecule has 2 aliphatic rings. The highest BCUT2D eigenvalue weighted by Crippen LogP contribution is 2.48. The van der Waals surface area contributed by atoms with Gasteiger partial charge in [0.2, 0.25) is 0 Å². The van der Waals surface area contributed by atoms with Gasteiger partial charge in [-0.2, -0.15) is 0 Å². The second-order valence-corrected chi connectivity index (χ2v) is 11.8. The van der Waals surface area contributed by atoms with Crippen molar-refractivity contribution in [2.24, 2.45) is 21.6 Å². The first-order valence-electron chi connectivity index (χ1n) is 11.0. The van der Waals surface area contributed by atoms with Crippen molar-refractivity contribution in [3.63, 3.8) is 0 Å². The molecule has 2 aromatic heterocycles. The molecular formula is C24H29FN6O2S. The Hall–Kier alpha value is -3.14. The Morgan fingerprint density at radius 3 is 2.71 bits per heavy atom. The molecule has 0 amide bonds. The number of fused-ring (bicyclic) bond motifs is 1. The van der Waals surface area contributed by atoms with Gasteiger partial charge in [-0.05, 0) is 64.2 Å². The number of nitrogens with two attached hydrogens (primary N) is 1. The molecule has 1 fully saturated rings. The normalized spacial score (nSPS) is 27.4. The third kappa shape index (κ3) is 4.11. The van der Waals surface area contributed by atoms with Gasteiger partial charge in [0, 0.05) is 18.0 Å². The Labute approximate surface area is 198 Å². The van der Waals surface area contributed by atoms with Crippen molar-refractivity contribution in [2.45, 2.75) is 50.8 Å². The molecule has 0 spiro atoms. The van der Waals surface area contributed by atoms with Crippen LogP contribution in [0.5, 0.6) is 0 Å². The summed E-state index contributed by atoms with van der Waals surface area (Å²) in [5.74, 6) is -0.739. The lowest BCUT2D eigenvalue weighted by Crippen LogP contribution is -2.59. The molecule has 3 heterocycles. The summed E-state index contributed by atoms with van der Waals surface area (Å²) in [5.41, 5.74) is 7.73. The largest absolute Gasteiger partial charge is 0.386 e. The van der Waals surface area contributed by atoms with E-state index in [9.17, 15) is 8.42 Å². The standard InChI is InChI=1S/C24H29FN6O2S/c1-14-10-20-21(29-11-14)19(8-9-27-20)30-16(3)28-12-18(25)15(2)23(4)13-34(32,33)24(5,17-6-7-17)22(26)31-23/h8-12,17H,2,6-7,13H2,1,3-5H3,(H2,26,31)(H,27,28,30)/b18-12+/t23-,24-/m0/s1. The van der Waals surface area contributed by atoms with Gasteiger partial charge in [0.25, 0.3) is 0 Å². The molecular weight excluding hydrogens is 455 g/mol. The highest BCUT2D eigenvalue weighted by molar-refractivity contribution is 7.93. The van der Waals surface area contributed by atoms with E-state index in [-0.39, 0.29) is 23.1 Å². The van der Waals surface area contributed by atoms with E-state index in [4.69, 9.17) is 5.73 Å². The van der Waals surface area contributed by atoms with Gasteiger partial charge in [0.1, 0.15) is 33.3 Å². The molecule has 4 rings (SSSR count). The number of sulfone groups is 1. The van der Waals surface area contributed by atoms with Crippen LogP contribution in [0.1, 0.15) is 39.2 Å². The Bertz CT molecular complexity index is 1380. The fourth-order valence-electron chi connectivity index (χ4n) is 4.29. The first-order valence-corrected chi connectivity index (χ1v) is 12.7. The predicted octanol–water partition coefficient (Wildman–Crippen LogP) is 3.85. The number of amidine groups is 2. The summed E-state index contributed by atoms with van der Waals surface area (Å²) >= 11 is 0. The van der Waals surface area contributed by atoms with Crippen LogP contribution >= 0.6 is 0 Å². The summed E-state index contributed by atoms with van der Waals surface area (Å²) in [5, 5.41) is 3.10. The van der Waals surface area contributed by atoms with E-state index in [1.54, 1.807) is 32.3 Å². The highest BCUT2D eigenvalue weighted by Gasteiger charge is 2.59. The minimum absolute atomic E-state index is 0.0198. The van der Waals surface area contributed by atoms with Crippen LogP contribution in [0.2, 0.25) is 0 Å². The molecule has 2 aromatic rings. The van der Waals surface area contributed by atoms with Crippen molar-refractivity contribution in [3.8, 4) is 0 Å². The zero-order valence-corrected chi connectivity index (χ0v) is 20.6. The molecule has 8 nitrogen and oxygen atoms in total. The van der Waals surface area contributed by atoms with Crippen molar-refractivity contribution in [1.29, 1.82) is 0 Å². The first kappa shape index (κ1) is 24.0. The second kappa shape index (κ2) is 8.26. The quantitative estimate of drug-likeness (QED) is 0.378. The summed E-state index contributed by atoms with van der Waals surface area (Å²) < 4.78 is 40.1. The smallest absolute Gasteiger partial charge is 0.165 e. The first-order chi connectivity index (χ1) is 15.9. The maximum atomic E-state index is 15.1. The summed E-state index contributed by atoms with van der Waals surface area (Å²) in [6.45, 7) is 10.6. The van der Waals surface area contributed by atoms with Crippen molar-refractivity contribution in [3.05, 3.63) is 54.3 Å². The average Bonchev–Trinajstić information content (AvgIpc) is 3.60. The summed E-state index contributed by atoms with van der Waals surface area (Å²) in [4.78, 5) is 17.3. The number of aromatic nitrogens is 2. The third-order valence-corrected chi connectivity index (χ3v) is 9.47. The van der Waals surface area contributed by atoms with E-state index in [0.29, 0.717) is 17.0 Å². The lowest BCUT2D eigenvalue weighted by molar-refractivity contribution is 0.495. The maximum Gasteiger partial charge on any atom is 0.165 e. The number of aliphatic imine (C=N–C) groups is 2. The molecule has 2 atom stereocenters. The van der Waals surface area contributed by atoms with Gasteiger partial charge >= 0.3 is 0 Å². The number of aryl methyl sites for hydroxylation is 1. The van der Waals surface area contributed by atoms with Gasteiger partial charge in [-0.3, -0.25) is 15.0 Å². The van der Waals surface area contributed by atoms with Crippen LogP contribution in [-0.4, -0.2) is 46.1 Å². The number of rotatable bonds is 5. The van der Waals surface area contributed by atoms with E-state index in [2.05, 4.69) is 31.8 Å². The van der Waals surface area contributed by atoms with Gasteiger partial charge in [-0.15, -0.1) is 0 Å². The molecule has 1 aliphatic carbocycles. The average molecular weight is 485 g/mol. The van der Waals surface area contributed by atoms with Crippen molar-refractivity contribution >= 4 is 38.2 Å². The zero-order chi connectivity index (χ0) is 24.9. The number of hydrogen-bond donors (Lipinski definition) is 2. The fourth-order valence-corrected chi connectivity index (χ4v) is 6.67. The topological polar surface area (TPSA) is 123 Å². The van der Waals surface area contributed by atoms with Crippen LogP contribution in [0.3, 0.4) is 0 Å². The Morgan fingerprint density at radius 2 is 2.06 bits per heavy atom. The van der Waals surface area contributed by atoms with E-state index < -0.39 is 26.0 Å². The number of halogens is 1. The molecule has 180 valence electrons. The van der Waals surface area contributed by atoms with E-state index >= 15 is 4.39 Å². The Kier molecular flexibility index (Phi) is 5.83. The molecule has 0 bridgehead atoms. The maximum absolute atomic E-state index is 15.1. The number of nitrogens with zero attached hydrogens (tertiary/aromatic N) is 4. The molecule has 0 saturated heterocycles. The van der Waals surface area contributed by atoms with Gasteiger partial charge in [0.05, 0.1) is 23.2 Å². The minimum atomic E-state index is -3.66. The van der Waals surface area contributed by atoms with Gasteiger partial charge in [-0.1, -0.05) is 6.58 Å². The van der Waals surface area contributed by atoms with Crippen LogP contribution in [0, 0.1) is 12.8 Å².